The normalized spacial score (nSPS) is 16.0. The number of urea groups is 1. The van der Waals surface area contributed by atoms with E-state index in [9.17, 15) is 24.0 Å². The number of benzene rings is 2. The van der Waals surface area contributed by atoms with Crippen molar-refractivity contribution < 1.29 is 38.2 Å². The van der Waals surface area contributed by atoms with Gasteiger partial charge in [0, 0.05) is 83.5 Å². The van der Waals surface area contributed by atoms with Crippen molar-refractivity contribution in [2.75, 3.05) is 19.6 Å². The van der Waals surface area contributed by atoms with Gasteiger partial charge in [-0.05, 0) is 51.3 Å². The van der Waals surface area contributed by atoms with Crippen LogP contribution < -0.4 is 16.0 Å². The molecule has 2 aliphatic heterocycles. The molecule has 24 heteroatoms. The Kier molecular flexibility index (Phi) is 18.7. The van der Waals surface area contributed by atoms with E-state index in [1.807, 2.05) is 49.4 Å². The molecule has 0 aromatic heterocycles. The largest absolute Gasteiger partial charge is 0.459 e. The summed E-state index contributed by atoms with van der Waals surface area (Å²) in [6.45, 7) is 6.13. The number of ether oxygens (including phenoxy) is 3. The van der Waals surface area contributed by atoms with Crippen molar-refractivity contribution in [1.82, 2.24) is 25.8 Å². The van der Waals surface area contributed by atoms with Gasteiger partial charge < -0.3 is 29.7 Å². The van der Waals surface area contributed by atoms with Crippen molar-refractivity contribution in [3.63, 3.8) is 0 Å². The third-order valence-electron chi connectivity index (χ3n) is 9.61. The molecule has 2 aliphatic rings. The molecule has 290 valence electrons. The van der Waals surface area contributed by atoms with Crippen molar-refractivity contribution in [3.05, 3.63) is 83.6 Å². The topological polar surface area (TPSA) is 156 Å². The minimum Gasteiger partial charge on any atom is -0.459 e. The van der Waals surface area contributed by atoms with E-state index in [0.29, 0.717) is 6.32 Å². The highest BCUT2D eigenvalue weighted by Crippen LogP contribution is 2.44. The first-order valence-electron chi connectivity index (χ1n) is 18.9. The lowest BCUT2D eigenvalue weighted by atomic mass is 8.57. The van der Waals surface area contributed by atoms with Gasteiger partial charge in [0.1, 0.15) is 37.6 Å². The molecule has 0 saturated carbocycles. The van der Waals surface area contributed by atoms with E-state index in [-0.39, 0.29) is 55.0 Å². The zero-order valence-electron chi connectivity index (χ0n) is 33.7. The summed E-state index contributed by atoms with van der Waals surface area (Å²) in [4.78, 5) is 68.9. The number of hydrogen-bond acceptors (Lipinski definition) is 8. The first-order chi connectivity index (χ1) is 26.9. The summed E-state index contributed by atoms with van der Waals surface area (Å²) in [7, 11) is 30.4. The van der Waals surface area contributed by atoms with Crippen molar-refractivity contribution in [3.8, 4) is 0 Å². The number of aryl methyl sites for hydroxylation is 1. The van der Waals surface area contributed by atoms with Gasteiger partial charge in [0.25, 0.3) is 0 Å². The Labute approximate surface area is 354 Å². The summed E-state index contributed by atoms with van der Waals surface area (Å²) in [5, 5.41) is 7.78. The smallest absolute Gasteiger partial charge is 0.409 e. The van der Waals surface area contributed by atoms with Gasteiger partial charge in [0.05, 0.1) is 6.60 Å². The van der Waals surface area contributed by atoms with Crippen molar-refractivity contribution in [1.29, 1.82) is 0 Å². The Balaban J connectivity index is 0.00000900. The molecule has 2 aromatic rings. The molecular formula is C34H46B10N5O8P. The average Bonchev–Trinajstić information content (AvgIpc) is 3.90. The molecule has 4 unspecified atom stereocenters. The molecule has 4 atom stereocenters. The van der Waals surface area contributed by atoms with Crippen LogP contribution in [-0.4, -0.2) is 148 Å². The molecule has 4 rings (SSSR count). The SMILES string of the molecule is P.[B]B([B])B([B])B(B([B])[B])B1CC1CC(C(=O)OCc1ccc(C)cc1)N(CCNC(=O)OC(C)(C)C)C(=O)CN1C=CC(NC(=O)OCc2ccccc2)NC1=O. The average molecular weight is 792 g/mol. The summed E-state index contributed by atoms with van der Waals surface area (Å²) in [6.07, 6.45) is -1.82. The molecule has 3 N–H and O–H groups in total. The number of esters is 1. The predicted octanol–water partition coefficient (Wildman–Crippen LogP) is 0.497. The first-order valence-corrected chi connectivity index (χ1v) is 18.9. The van der Waals surface area contributed by atoms with Crippen molar-refractivity contribution in [2.45, 2.75) is 77.3 Å². The van der Waals surface area contributed by atoms with E-state index in [4.69, 9.17) is 52.9 Å². The first kappa shape index (κ1) is 48.4. The van der Waals surface area contributed by atoms with Crippen LogP contribution in [0.1, 0.15) is 43.9 Å². The van der Waals surface area contributed by atoms with Gasteiger partial charge in [0.15, 0.2) is 0 Å². The molecule has 0 aliphatic carbocycles. The van der Waals surface area contributed by atoms with Gasteiger partial charge >= 0.3 is 24.2 Å². The van der Waals surface area contributed by atoms with E-state index in [1.165, 1.54) is 17.2 Å². The zero-order chi connectivity index (χ0) is 41.9. The second-order valence-electron chi connectivity index (χ2n) is 15.4. The zero-order valence-corrected chi connectivity index (χ0v) is 35.1. The fourth-order valence-corrected chi connectivity index (χ4v) is 6.58. The maximum absolute atomic E-state index is 14.3. The lowest BCUT2D eigenvalue weighted by Crippen LogP contribution is -2.63. The van der Waals surface area contributed by atoms with Gasteiger partial charge in [-0.3, -0.25) is 15.0 Å². The fourth-order valence-electron chi connectivity index (χ4n) is 6.58. The minimum absolute atomic E-state index is 0. The molecule has 2 aromatic carbocycles. The van der Waals surface area contributed by atoms with E-state index < -0.39 is 80.0 Å². The molecule has 0 spiro atoms. The summed E-state index contributed by atoms with van der Waals surface area (Å²) >= 11 is 0. The van der Waals surface area contributed by atoms with Crippen LogP contribution >= 0.6 is 9.90 Å². The van der Waals surface area contributed by atoms with Gasteiger partial charge in [-0.1, -0.05) is 72.3 Å². The number of nitrogens with zero attached hydrogens (tertiary/aromatic N) is 2. The number of hydrogen-bond donors (Lipinski definition) is 3. The molecule has 13 nitrogen and oxygen atoms in total. The van der Waals surface area contributed by atoms with E-state index in [2.05, 4.69) is 16.0 Å². The second kappa shape index (κ2) is 22.4. The van der Waals surface area contributed by atoms with Gasteiger partial charge in [-0.2, -0.15) is 9.90 Å². The van der Waals surface area contributed by atoms with E-state index >= 15 is 0 Å². The second-order valence-corrected chi connectivity index (χ2v) is 15.4. The number of carbonyl (C=O) groups is 5. The third-order valence-corrected chi connectivity index (χ3v) is 9.61. The summed E-state index contributed by atoms with van der Waals surface area (Å²) in [5.41, 5.74) is 1.77. The number of amides is 5. The van der Waals surface area contributed by atoms with Crippen LogP contribution in [0.25, 0.3) is 0 Å². The molecular weight excluding hydrogens is 745 g/mol. The van der Waals surface area contributed by atoms with Gasteiger partial charge in [-0.25, -0.2) is 19.2 Å². The highest BCUT2D eigenvalue weighted by Gasteiger charge is 2.52. The molecule has 1 saturated heterocycles. The maximum Gasteiger partial charge on any atom is 0.409 e. The number of nitrogens with one attached hydrogen (secondary N) is 3. The van der Waals surface area contributed by atoms with E-state index in [0.717, 1.165) is 21.6 Å². The molecule has 2 heterocycles. The molecule has 5 amide bonds. The number of carbonyl (C=O) groups excluding carboxylic acids is 5. The Morgan fingerprint density at radius 2 is 1.59 bits per heavy atom. The lowest BCUT2D eigenvalue weighted by Gasteiger charge is -2.34. The minimum atomic E-state index is -1.17. The highest BCUT2D eigenvalue weighted by atomic mass is 31.0. The standard InChI is InChI=1S/C34H43B10N5O8.H3P/c1-23-10-12-25(13-11-23)21-55-30(51)27(18-26-19-40(26)44(42(37)38)43(39)41(35)36)49(17-15-45-32(53)57-34(2,3)4)29(50)20-48-16-14-28(46-31(48)52)47-33(54)56-22-24-8-6-5-7-9-24;/h5-14,16,26-28H,15,17-22H2,1-4H3,(H,45,53)(H,46,52)(H,47,54);1H3. The number of rotatable bonds is 18. The lowest BCUT2D eigenvalue weighted by molar-refractivity contribution is -0.156. The Bertz CT molecular complexity index is 1730. The van der Waals surface area contributed by atoms with Crippen LogP contribution in [-0.2, 0) is 37.0 Å². The van der Waals surface area contributed by atoms with Crippen LogP contribution in [0.4, 0.5) is 14.4 Å². The Morgan fingerprint density at radius 3 is 2.19 bits per heavy atom. The molecule has 1 fully saturated rings. The molecule has 10 radical (unpaired) electrons. The maximum atomic E-state index is 14.3. The van der Waals surface area contributed by atoms with Gasteiger partial charge in [-0.15, -0.1) is 0 Å². The highest BCUT2D eigenvalue weighted by molar-refractivity contribution is 8.01. The van der Waals surface area contributed by atoms with Crippen molar-refractivity contribution in [2.24, 2.45) is 0 Å². The van der Waals surface area contributed by atoms with Crippen LogP contribution in [0.2, 0.25) is 12.1 Å². The third kappa shape index (κ3) is 15.3. The predicted molar refractivity (Wildman–Crippen MR) is 240 cm³/mol. The fraction of sp³-hybridized carbons (Fsp3) is 0.441. The number of alkyl carbamates (subject to hydrolysis) is 2. The summed E-state index contributed by atoms with van der Waals surface area (Å²) in [6, 6.07) is 14.7. The van der Waals surface area contributed by atoms with Crippen LogP contribution in [0.15, 0.2) is 66.9 Å². The van der Waals surface area contributed by atoms with Crippen LogP contribution in [0.5, 0.6) is 0 Å². The Morgan fingerprint density at radius 1 is 0.948 bits per heavy atom. The summed E-state index contributed by atoms with van der Waals surface area (Å²) in [5.74, 6) is -1.50. The quantitative estimate of drug-likeness (QED) is 0.0854. The monoisotopic (exact) mass is 793 g/mol. The van der Waals surface area contributed by atoms with E-state index in [1.54, 1.807) is 32.9 Å². The van der Waals surface area contributed by atoms with Crippen LogP contribution in [0.3, 0.4) is 0 Å². The summed E-state index contributed by atoms with van der Waals surface area (Å²) < 4.78 is 16.4. The van der Waals surface area contributed by atoms with Gasteiger partial charge in [0.2, 0.25) is 5.91 Å². The molecule has 58 heavy (non-hydrogen) atoms. The van der Waals surface area contributed by atoms with Crippen molar-refractivity contribution >= 4 is 111 Å². The Hall–Kier alpha value is -3.99. The van der Waals surface area contributed by atoms with Crippen LogP contribution in [0, 0.1) is 6.92 Å². The molecule has 0 bridgehead atoms.